The Morgan fingerprint density at radius 3 is 2.07 bits per heavy atom. The maximum absolute atomic E-state index is 13.1. The molecule has 0 spiro atoms. The SMILES string of the molecule is CS(=O)(=O)c1ccc(C(=O)N(Cc2cccs2)Cc2cccs2)cc1[N+](=O)[O-]. The number of nitro groups is 1. The van der Waals surface area contributed by atoms with Crippen LogP contribution in [0.5, 0.6) is 0 Å². The van der Waals surface area contributed by atoms with Gasteiger partial charge in [0, 0.05) is 27.6 Å². The molecule has 0 saturated carbocycles. The first-order chi connectivity index (χ1) is 13.3. The Labute approximate surface area is 169 Å². The molecular formula is C18H16N2O5S3. The van der Waals surface area contributed by atoms with Gasteiger partial charge in [-0.1, -0.05) is 12.1 Å². The van der Waals surface area contributed by atoms with E-state index in [-0.39, 0.29) is 5.56 Å². The van der Waals surface area contributed by atoms with Crippen LogP contribution in [0.25, 0.3) is 0 Å². The van der Waals surface area contributed by atoms with Gasteiger partial charge in [-0.2, -0.15) is 0 Å². The minimum absolute atomic E-state index is 0.0761. The summed E-state index contributed by atoms with van der Waals surface area (Å²) in [5.74, 6) is -0.398. The summed E-state index contributed by atoms with van der Waals surface area (Å²) in [5.41, 5.74) is -0.521. The van der Waals surface area contributed by atoms with Crippen molar-refractivity contribution in [2.45, 2.75) is 18.0 Å². The number of hydrogen-bond acceptors (Lipinski definition) is 7. The van der Waals surface area contributed by atoms with Crippen molar-refractivity contribution in [1.82, 2.24) is 4.90 Å². The molecule has 0 aliphatic heterocycles. The molecule has 0 atom stereocenters. The molecule has 0 saturated heterocycles. The summed E-state index contributed by atoms with van der Waals surface area (Å²) < 4.78 is 23.6. The Kier molecular flexibility index (Phi) is 5.92. The van der Waals surface area contributed by atoms with Crippen molar-refractivity contribution in [2.75, 3.05) is 6.26 Å². The van der Waals surface area contributed by atoms with E-state index in [0.717, 1.165) is 28.1 Å². The monoisotopic (exact) mass is 436 g/mol. The van der Waals surface area contributed by atoms with Crippen LogP contribution in [0, 0.1) is 10.1 Å². The fourth-order valence-electron chi connectivity index (χ4n) is 2.67. The van der Waals surface area contributed by atoms with E-state index in [0.29, 0.717) is 13.1 Å². The van der Waals surface area contributed by atoms with Gasteiger partial charge in [-0.15, -0.1) is 22.7 Å². The Hall–Kier alpha value is -2.56. The summed E-state index contributed by atoms with van der Waals surface area (Å²) in [7, 11) is -3.79. The number of carbonyl (C=O) groups is 1. The van der Waals surface area contributed by atoms with E-state index in [1.54, 1.807) is 4.90 Å². The quantitative estimate of drug-likeness (QED) is 0.412. The largest absolute Gasteiger partial charge is 0.328 e. The number of sulfone groups is 1. The van der Waals surface area contributed by atoms with Crippen LogP contribution in [-0.4, -0.2) is 30.4 Å². The zero-order chi connectivity index (χ0) is 20.3. The molecule has 1 aromatic carbocycles. The van der Waals surface area contributed by atoms with Crippen LogP contribution in [0.3, 0.4) is 0 Å². The first-order valence-electron chi connectivity index (χ1n) is 8.08. The number of amides is 1. The highest BCUT2D eigenvalue weighted by Gasteiger charge is 2.26. The van der Waals surface area contributed by atoms with Gasteiger partial charge in [0.15, 0.2) is 9.84 Å². The summed E-state index contributed by atoms with van der Waals surface area (Å²) in [6, 6.07) is 11.1. The maximum atomic E-state index is 13.1. The lowest BCUT2D eigenvalue weighted by atomic mass is 10.1. The molecule has 0 N–H and O–H groups in total. The molecule has 3 aromatic rings. The van der Waals surface area contributed by atoms with Gasteiger partial charge in [0.1, 0.15) is 4.90 Å². The fraction of sp³-hybridized carbons (Fsp3) is 0.167. The minimum atomic E-state index is -3.79. The zero-order valence-corrected chi connectivity index (χ0v) is 17.2. The molecule has 0 bridgehead atoms. The van der Waals surface area contributed by atoms with Gasteiger partial charge in [0.05, 0.1) is 18.0 Å². The molecule has 146 valence electrons. The second-order valence-electron chi connectivity index (χ2n) is 6.03. The number of carbonyl (C=O) groups excluding carboxylic acids is 1. The summed E-state index contributed by atoms with van der Waals surface area (Å²) in [5, 5.41) is 15.2. The van der Waals surface area contributed by atoms with Gasteiger partial charge >= 0.3 is 0 Å². The van der Waals surface area contributed by atoms with Gasteiger partial charge in [0.2, 0.25) is 0 Å². The zero-order valence-electron chi connectivity index (χ0n) is 14.8. The number of benzene rings is 1. The molecule has 1 amide bonds. The molecule has 7 nitrogen and oxygen atoms in total. The smallest absolute Gasteiger partial charge is 0.288 e. The van der Waals surface area contributed by atoms with Crippen molar-refractivity contribution in [3.63, 3.8) is 0 Å². The standard InChI is InChI=1S/C18H16N2O5S3/c1-28(24,25)17-7-6-13(10-16(17)20(22)23)18(21)19(11-14-4-2-8-26-14)12-15-5-3-9-27-15/h2-10H,11-12H2,1H3. The number of nitrogens with zero attached hydrogens (tertiary/aromatic N) is 2. The molecule has 10 heteroatoms. The number of nitro benzene ring substituents is 1. The molecule has 0 radical (unpaired) electrons. The molecule has 0 unspecified atom stereocenters. The van der Waals surface area contributed by atoms with Crippen LogP contribution >= 0.6 is 22.7 Å². The van der Waals surface area contributed by atoms with Gasteiger partial charge < -0.3 is 4.90 Å². The summed E-state index contributed by atoms with van der Waals surface area (Å²) in [4.78, 5) is 26.8. The summed E-state index contributed by atoms with van der Waals surface area (Å²) in [6.45, 7) is 0.714. The average molecular weight is 437 g/mol. The first-order valence-corrected chi connectivity index (χ1v) is 11.7. The van der Waals surface area contributed by atoms with E-state index in [9.17, 15) is 23.3 Å². The third-order valence-electron chi connectivity index (χ3n) is 3.94. The van der Waals surface area contributed by atoms with Gasteiger partial charge in [-0.05, 0) is 35.0 Å². The average Bonchev–Trinajstić information content (AvgIpc) is 3.33. The Morgan fingerprint density at radius 2 is 1.64 bits per heavy atom. The molecule has 0 aliphatic rings. The van der Waals surface area contributed by atoms with Crippen molar-refractivity contribution in [1.29, 1.82) is 0 Å². The minimum Gasteiger partial charge on any atom is -0.328 e. The van der Waals surface area contributed by atoms with Crippen LogP contribution < -0.4 is 0 Å². The normalized spacial score (nSPS) is 11.3. The van der Waals surface area contributed by atoms with E-state index in [2.05, 4.69) is 0 Å². The second-order valence-corrected chi connectivity index (χ2v) is 10.1. The molecular weight excluding hydrogens is 420 g/mol. The van der Waals surface area contributed by atoms with E-state index < -0.39 is 31.3 Å². The number of rotatable bonds is 7. The third kappa shape index (κ3) is 4.64. The van der Waals surface area contributed by atoms with Gasteiger partial charge in [0.25, 0.3) is 11.6 Å². The lowest BCUT2D eigenvalue weighted by Gasteiger charge is -2.22. The molecule has 2 aromatic heterocycles. The maximum Gasteiger partial charge on any atom is 0.288 e. The lowest BCUT2D eigenvalue weighted by molar-refractivity contribution is -0.387. The van der Waals surface area contributed by atoms with E-state index >= 15 is 0 Å². The van der Waals surface area contributed by atoms with Crippen LogP contribution in [0.15, 0.2) is 58.1 Å². The number of thiophene rings is 2. The third-order valence-corrected chi connectivity index (χ3v) is 6.81. The van der Waals surface area contributed by atoms with E-state index in [4.69, 9.17) is 0 Å². The van der Waals surface area contributed by atoms with Crippen molar-refractivity contribution < 1.29 is 18.1 Å². The predicted octanol–water partition coefficient (Wildman–Crippen LogP) is 3.96. The Bertz CT molecular complexity index is 1050. The van der Waals surface area contributed by atoms with Crippen LogP contribution in [0.4, 0.5) is 5.69 Å². The van der Waals surface area contributed by atoms with Crippen LogP contribution in [0.1, 0.15) is 20.1 Å². The first kappa shape index (κ1) is 20.2. The molecule has 3 rings (SSSR count). The Balaban J connectivity index is 1.97. The van der Waals surface area contributed by atoms with Gasteiger partial charge in [-0.25, -0.2) is 8.42 Å². The number of hydrogen-bond donors (Lipinski definition) is 0. The predicted molar refractivity (Wildman–Crippen MR) is 108 cm³/mol. The molecule has 2 heterocycles. The summed E-state index contributed by atoms with van der Waals surface area (Å²) >= 11 is 3.02. The van der Waals surface area contributed by atoms with Crippen molar-refractivity contribution in [2.24, 2.45) is 0 Å². The lowest BCUT2D eigenvalue weighted by Crippen LogP contribution is -2.29. The van der Waals surface area contributed by atoms with E-state index in [1.807, 2.05) is 35.0 Å². The highest BCUT2D eigenvalue weighted by Crippen LogP contribution is 2.27. The second kappa shape index (κ2) is 8.21. The molecule has 0 aliphatic carbocycles. The molecule has 28 heavy (non-hydrogen) atoms. The van der Waals surface area contributed by atoms with Crippen LogP contribution in [0.2, 0.25) is 0 Å². The highest BCUT2D eigenvalue weighted by atomic mass is 32.2. The van der Waals surface area contributed by atoms with E-state index in [1.165, 1.54) is 28.7 Å². The Morgan fingerprint density at radius 1 is 1.07 bits per heavy atom. The fourth-order valence-corrected chi connectivity index (χ4v) is 4.94. The van der Waals surface area contributed by atoms with Gasteiger partial charge in [-0.3, -0.25) is 14.9 Å². The molecule has 0 fully saturated rings. The topological polar surface area (TPSA) is 97.6 Å². The van der Waals surface area contributed by atoms with Crippen molar-refractivity contribution in [3.8, 4) is 0 Å². The summed E-state index contributed by atoms with van der Waals surface area (Å²) in [6.07, 6.45) is 0.900. The van der Waals surface area contributed by atoms with Crippen molar-refractivity contribution in [3.05, 3.63) is 78.7 Å². The van der Waals surface area contributed by atoms with Crippen LogP contribution in [-0.2, 0) is 22.9 Å². The highest BCUT2D eigenvalue weighted by molar-refractivity contribution is 7.90. The van der Waals surface area contributed by atoms with Crippen molar-refractivity contribution >= 4 is 44.1 Å².